The van der Waals surface area contributed by atoms with Gasteiger partial charge in [0.25, 0.3) is 5.91 Å². The van der Waals surface area contributed by atoms with Crippen molar-refractivity contribution in [2.75, 3.05) is 26.0 Å². The highest BCUT2D eigenvalue weighted by Crippen LogP contribution is 2.10. The number of urea groups is 1. The van der Waals surface area contributed by atoms with Crippen LogP contribution in [0.1, 0.15) is 30.1 Å². The highest BCUT2D eigenvalue weighted by Gasteiger charge is 2.08. The van der Waals surface area contributed by atoms with Crippen LogP contribution >= 0.6 is 0 Å². The molecule has 0 unspecified atom stereocenters. The van der Waals surface area contributed by atoms with Gasteiger partial charge in [0.2, 0.25) is 0 Å². The van der Waals surface area contributed by atoms with Gasteiger partial charge in [-0.3, -0.25) is 4.79 Å². The van der Waals surface area contributed by atoms with Crippen molar-refractivity contribution in [3.63, 3.8) is 0 Å². The first-order chi connectivity index (χ1) is 9.08. The first-order valence-corrected chi connectivity index (χ1v) is 6.42. The van der Waals surface area contributed by atoms with Crippen LogP contribution in [0.5, 0.6) is 0 Å². The highest BCUT2D eigenvalue weighted by molar-refractivity contribution is 5.95. The van der Waals surface area contributed by atoms with Crippen molar-refractivity contribution < 1.29 is 9.59 Å². The molecular weight excluding hydrogens is 242 g/mol. The predicted octanol–water partition coefficient (Wildman–Crippen LogP) is 2.31. The van der Waals surface area contributed by atoms with Crippen molar-refractivity contribution in [3.05, 3.63) is 29.8 Å². The van der Waals surface area contributed by atoms with E-state index >= 15 is 0 Å². The molecule has 0 fully saturated rings. The topological polar surface area (TPSA) is 61.4 Å². The van der Waals surface area contributed by atoms with Gasteiger partial charge in [0, 0.05) is 31.9 Å². The van der Waals surface area contributed by atoms with Gasteiger partial charge in [-0.25, -0.2) is 4.79 Å². The molecule has 0 aliphatic heterocycles. The van der Waals surface area contributed by atoms with E-state index in [-0.39, 0.29) is 11.9 Å². The van der Waals surface area contributed by atoms with Gasteiger partial charge in [-0.15, -0.1) is 0 Å². The third-order valence-electron chi connectivity index (χ3n) is 2.82. The summed E-state index contributed by atoms with van der Waals surface area (Å²) in [6.07, 6.45) is 2.04. The van der Waals surface area contributed by atoms with E-state index in [2.05, 4.69) is 17.6 Å². The molecule has 0 heterocycles. The molecule has 0 aliphatic rings. The van der Waals surface area contributed by atoms with Crippen LogP contribution in [0.25, 0.3) is 0 Å². The first kappa shape index (κ1) is 15.0. The van der Waals surface area contributed by atoms with Crippen molar-refractivity contribution in [1.29, 1.82) is 0 Å². The van der Waals surface area contributed by atoms with Gasteiger partial charge in [-0.2, -0.15) is 0 Å². The summed E-state index contributed by atoms with van der Waals surface area (Å²) >= 11 is 0. The molecule has 104 valence electrons. The Bertz CT molecular complexity index is 429. The monoisotopic (exact) mass is 263 g/mol. The second kappa shape index (κ2) is 7.41. The van der Waals surface area contributed by atoms with Crippen molar-refractivity contribution in [1.82, 2.24) is 10.2 Å². The summed E-state index contributed by atoms with van der Waals surface area (Å²) in [4.78, 5) is 24.8. The Balaban J connectivity index is 2.57. The molecule has 1 aromatic carbocycles. The lowest BCUT2D eigenvalue weighted by Gasteiger charge is -2.17. The lowest BCUT2D eigenvalue weighted by atomic mass is 10.2. The summed E-state index contributed by atoms with van der Waals surface area (Å²) in [6.45, 7) is 2.82. The van der Waals surface area contributed by atoms with E-state index in [1.165, 1.54) is 0 Å². The summed E-state index contributed by atoms with van der Waals surface area (Å²) in [5.41, 5.74) is 1.25. The molecule has 0 saturated heterocycles. The maximum atomic E-state index is 11.8. The summed E-state index contributed by atoms with van der Waals surface area (Å²) in [7, 11) is 3.35. The minimum Gasteiger partial charge on any atom is -0.355 e. The molecule has 5 heteroatoms. The molecular formula is C14H21N3O2. The number of hydrogen-bond acceptors (Lipinski definition) is 2. The van der Waals surface area contributed by atoms with Gasteiger partial charge in [0.1, 0.15) is 0 Å². The highest BCUT2D eigenvalue weighted by atomic mass is 16.2. The fraction of sp³-hybridized carbons (Fsp3) is 0.429. The molecule has 0 bridgehead atoms. The third-order valence-corrected chi connectivity index (χ3v) is 2.82. The average Bonchev–Trinajstić information content (AvgIpc) is 2.44. The van der Waals surface area contributed by atoms with Crippen molar-refractivity contribution >= 4 is 17.6 Å². The van der Waals surface area contributed by atoms with E-state index in [1.54, 1.807) is 43.3 Å². The van der Waals surface area contributed by atoms with Crippen LogP contribution in [0, 0.1) is 0 Å². The number of nitrogens with one attached hydrogen (secondary N) is 2. The largest absolute Gasteiger partial charge is 0.355 e. The zero-order valence-electron chi connectivity index (χ0n) is 11.7. The maximum Gasteiger partial charge on any atom is 0.321 e. The number of hydrogen-bond donors (Lipinski definition) is 2. The number of carbonyl (C=O) groups is 2. The Morgan fingerprint density at radius 2 is 1.84 bits per heavy atom. The number of rotatable bonds is 5. The number of unbranched alkanes of at least 4 members (excludes halogenated alkanes) is 1. The number of nitrogens with zero attached hydrogens (tertiary/aromatic N) is 1. The Labute approximate surface area is 114 Å². The fourth-order valence-corrected chi connectivity index (χ4v) is 1.57. The Kier molecular flexibility index (Phi) is 5.85. The number of amides is 3. The molecule has 0 atom stereocenters. The molecule has 5 nitrogen and oxygen atoms in total. The van der Waals surface area contributed by atoms with Gasteiger partial charge in [0.15, 0.2) is 0 Å². The Hall–Kier alpha value is -2.04. The van der Waals surface area contributed by atoms with E-state index in [0.717, 1.165) is 19.4 Å². The lowest BCUT2D eigenvalue weighted by Crippen LogP contribution is -2.32. The van der Waals surface area contributed by atoms with Gasteiger partial charge >= 0.3 is 6.03 Å². The second-order valence-corrected chi connectivity index (χ2v) is 4.36. The summed E-state index contributed by atoms with van der Waals surface area (Å²) in [5, 5.41) is 5.34. The number of benzene rings is 1. The molecule has 2 N–H and O–H groups in total. The minimum atomic E-state index is -0.141. The van der Waals surface area contributed by atoms with E-state index in [1.807, 2.05) is 0 Å². The minimum absolute atomic E-state index is 0.138. The smallest absolute Gasteiger partial charge is 0.321 e. The first-order valence-electron chi connectivity index (χ1n) is 6.42. The normalized spacial score (nSPS) is 9.84. The van der Waals surface area contributed by atoms with Crippen LogP contribution in [0.4, 0.5) is 10.5 Å². The molecule has 0 radical (unpaired) electrons. The molecule has 0 saturated carbocycles. The SMILES string of the molecule is CCCCN(C)C(=O)Nc1ccc(C(=O)NC)cc1. The standard InChI is InChI=1S/C14H21N3O2/c1-4-5-10-17(3)14(19)16-12-8-6-11(7-9-12)13(18)15-2/h6-9H,4-5,10H2,1-3H3,(H,15,18)(H,16,19). The number of carbonyl (C=O) groups excluding carboxylic acids is 2. The molecule has 19 heavy (non-hydrogen) atoms. The van der Waals surface area contributed by atoms with E-state index in [9.17, 15) is 9.59 Å². The molecule has 0 spiro atoms. The summed E-state index contributed by atoms with van der Waals surface area (Å²) in [6, 6.07) is 6.66. The van der Waals surface area contributed by atoms with E-state index < -0.39 is 0 Å². The van der Waals surface area contributed by atoms with Crippen LogP contribution in [0.2, 0.25) is 0 Å². The molecule has 1 aromatic rings. The van der Waals surface area contributed by atoms with Crippen LogP contribution < -0.4 is 10.6 Å². The Morgan fingerprint density at radius 3 is 2.37 bits per heavy atom. The van der Waals surface area contributed by atoms with Crippen molar-refractivity contribution in [2.45, 2.75) is 19.8 Å². The van der Waals surface area contributed by atoms with Gasteiger partial charge in [-0.05, 0) is 30.7 Å². The van der Waals surface area contributed by atoms with Crippen LogP contribution in [-0.4, -0.2) is 37.5 Å². The van der Waals surface area contributed by atoms with Gasteiger partial charge in [0.05, 0.1) is 0 Å². The average molecular weight is 263 g/mol. The molecule has 3 amide bonds. The fourth-order valence-electron chi connectivity index (χ4n) is 1.57. The van der Waals surface area contributed by atoms with Crippen LogP contribution in [0.15, 0.2) is 24.3 Å². The van der Waals surface area contributed by atoms with Crippen molar-refractivity contribution in [3.8, 4) is 0 Å². The van der Waals surface area contributed by atoms with Gasteiger partial charge < -0.3 is 15.5 Å². The van der Waals surface area contributed by atoms with E-state index in [0.29, 0.717) is 11.3 Å². The zero-order valence-corrected chi connectivity index (χ0v) is 11.7. The predicted molar refractivity (Wildman–Crippen MR) is 76.4 cm³/mol. The van der Waals surface area contributed by atoms with Gasteiger partial charge in [-0.1, -0.05) is 13.3 Å². The van der Waals surface area contributed by atoms with Crippen molar-refractivity contribution in [2.24, 2.45) is 0 Å². The maximum absolute atomic E-state index is 11.8. The Morgan fingerprint density at radius 1 is 1.21 bits per heavy atom. The zero-order chi connectivity index (χ0) is 14.3. The quantitative estimate of drug-likeness (QED) is 0.856. The molecule has 0 aliphatic carbocycles. The summed E-state index contributed by atoms with van der Waals surface area (Å²) in [5.74, 6) is -0.141. The molecule has 0 aromatic heterocycles. The van der Waals surface area contributed by atoms with Crippen LogP contribution in [0.3, 0.4) is 0 Å². The molecule has 1 rings (SSSR count). The third kappa shape index (κ3) is 4.62. The number of anilines is 1. The lowest BCUT2D eigenvalue weighted by molar-refractivity contribution is 0.0963. The summed E-state index contributed by atoms with van der Waals surface area (Å²) < 4.78 is 0. The van der Waals surface area contributed by atoms with Crippen LogP contribution in [-0.2, 0) is 0 Å². The van der Waals surface area contributed by atoms with E-state index in [4.69, 9.17) is 0 Å². The second-order valence-electron chi connectivity index (χ2n) is 4.36.